The maximum absolute atomic E-state index is 12.4. The largest absolute Gasteiger partial charge is 0.378 e. The van der Waals surface area contributed by atoms with Gasteiger partial charge in [-0.1, -0.05) is 0 Å². The molecule has 8 nitrogen and oxygen atoms in total. The minimum atomic E-state index is -0.452. The van der Waals surface area contributed by atoms with E-state index < -0.39 is 11.8 Å². The summed E-state index contributed by atoms with van der Waals surface area (Å²) in [5, 5.41) is 5.90. The Labute approximate surface area is 193 Å². The van der Waals surface area contributed by atoms with Crippen molar-refractivity contribution in [3.8, 4) is 0 Å². The lowest BCUT2D eigenvalue weighted by Crippen LogP contribution is -2.43. The van der Waals surface area contributed by atoms with Gasteiger partial charge >= 0.3 is 0 Å². The van der Waals surface area contributed by atoms with Gasteiger partial charge in [0.15, 0.2) is 0 Å². The van der Waals surface area contributed by atoms with Crippen molar-refractivity contribution in [1.29, 1.82) is 0 Å². The zero-order chi connectivity index (χ0) is 23.5. The van der Waals surface area contributed by atoms with E-state index in [1.165, 1.54) is 6.92 Å². The molecule has 2 unspecified atom stereocenters. The molecule has 3 amide bonds. The Bertz CT molecular complexity index is 1050. The lowest BCUT2D eigenvalue weighted by atomic mass is 9.90. The number of carbonyl (C=O) groups is 3. The zero-order valence-electron chi connectivity index (χ0n) is 19.3. The number of fused-ring (bicyclic) bond motifs is 1. The average molecular weight is 451 g/mol. The molecule has 2 aliphatic heterocycles. The summed E-state index contributed by atoms with van der Waals surface area (Å²) in [7, 11) is 0. The number of nitrogens with one attached hydrogen (secondary N) is 2. The third-order valence-electron chi connectivity index (χ3n) is 6.16. The van der Waals surface area contributed by atoms with Gasteiger partial charge in [0, 0.05) is 55.6 Å². The van der Waals surface area contributed by atoms with Crippen LogP contribution in [0.3, 0.4) is 0 Å². The van der Waals surface area contributed by atoms with Gasteiger partial charge in [0.25, 0.3) is 5.91 Å². The number of imide groups is 1. The molecule has 2 heterocycles. The molecule has 2 aromatic carbocycles. The average Bonchev–Trinajstić information content (AvgIpc) is 2.79. The summed E-state index contributed by atoms with van der Waals surface area (Å²) in [4.78, 5) is 40.2. The van der Waals surface area contributed by atoms with E-state index in [0.29, 0.717) is 12.0 Å². The maximum Gasteiger partial charge on any atom is 0.257 e. The van der Waals surface area contributed by atoms with Gasteiger partial charge in [-0.15, -0.1) is 0 Å². The van der Waals surface area contributed by atoms with Crippen molar-refractivity contribution in [3.05, 3.63) is 53.6 Å². The van der Waals surface area contributed by atoms with Crippen LogP contribution in [0.1, 0.15) is 49.2 Å². The van der Waals surface area contributed by atoms with Crippen molar-refractivity contribution < 1.29 is 19.1 Å². The third kappa shape index (κ3) is 5.01. The normalized spacial score (nSPS) is 20.1. The summed E-state index contributed by atoms with van der Waals surface area (Å²) in [5.41, 5.74) is 4.15. The Morgan fingerprint density at radius 2 is 1.70 bits per heavy atom. The molecule has 0 saturated carbocycles. The molecule has 2 N–H and O–H groups in total. The van der Waals surface area contributed by atoms with Gasteiger partial charge in [0.2, 0.25) is 11.8 Å². The van der Waals surface area contributed by atoms with Crippen molar-refractivity contribution in [2.75, 3.05) is 41.4 Å². The predicted octanol–water partition coefficient (Wildman–Crippen LogP) is 3.10. The van der Waals surface area contributed by atoms with Crippen molar-refractivity contribution in [2.45, 2.75) is 39.3 Å². The predicted molar refractivity (Wildman–Crippen MR) is 128 cm³/mol. The van der Waals surface area contributed by atoms with Crippen LogP contribution in [0.25, 0.3) is 0 Å². The standard InChI is InChI=1S/C25H30N4O4/c1-16-14-23(27-20-5-7-21(8-6-20)28-10-12-33-13-11-28)22-15-19(25(32)26-17(2)30)4-9-24(22)29(16)18(3)31/h4-9,15-16,23,27H,10-14H2,1-3H3,(H,26,30,32). The number of rotatable bonds is 4. The summed E-state index contributed by atoms with van der Waals surface area (Å²) >= 11 is 0. The fraction of sp³-hybridized carbons (Fsp3) is 0.400. The van der Waals surface area contributed by atoms with E-state index in [9.17, 15) is 14.4 Å². The second-order valence-corrected chi connectivity index (χ2v) is 8.60. The Morgan fingerprint density at radius 3 is 2.33 bits per heavy atom. The van der Waals surface area contributed by atoms with Crippen molar-refractivity contribution >= 4 is 34.8 Å². The molecule has 0 radical (unpaired) electrons. The molecule has 0 aliphatic carbocycles. The van der Waals surface area contributed by atoms with E-state index >= 15 is 0 Å². The highest BCUT2D eigenvalue weighted by atomic mass is 16.5. The lowest BCUT2D eigenvalue weighted by Gasteiger charge is -2.39. The van der Waals surface area contributed by atoms with E-state index in [1.807, 2.05) is 6.92 Å². The Morgan fingerprint density at radius 1 is 1.00 bits per heavy atom. The van der Waals surface area contributed by atoms with Gasteiger partial charge in [-0.05, 0) is 61.4 Å². The van der Waals surface area contributed by atoms with Crippen LogP contribution < -0.4 is 20.4 Å². The molecule has 1 fully saturated rings. The van der Waals surface area contributed by atoms with Gasteiger partial charge in [0.05, 0.1) is 19.3 Å². The van der Waals surface area contributed by atoms with Gasteiger partial charge in [-0.3, -0.25) is 19.7 Å². The number of carbonyl (C=O) groups excluding carboxylic acids is 3. The molecule has 1 saturated heterocycles. The molecule has 174 valence electrons. The van der Waals surface area contributed by atoms with Crippen LogP contribution in [0.15, 0.2) is 42.5 Å². The molecule has 8 heteroatoms. The number of nitrogens with zero attached hydrogens (tertiary/aromatic N) is 2. The monoisotopic (exact) mass is 450 g/mol. The van der Waals surface area contributed by atoms with Crippen LogP contribution in [0.2, 0.25) is 0 Å². The molecular formula is C25H30N4O4. The van der Waals surface area contributed by atoms with Gasteiger partial charge in [-0.2, -0.15) is 0 Å². The Kier molecular flexibility index (Phi) is 6.65. The molecule has 2 aromatic rings. The summed E-state index contributed by atoms with van der Waals surface area (Å²) in [6.45, 7) is 8.12. The van der Waals surface area contributed by atoms with Crippen molar-refractivity contribution in [3.63, 3.8) is 0 Å². The fourth-order valence-corrected chi connectivity index (χ4v) is 4.65. The van der Waals surface area contributed by atoms with Gasteiger partial charge in [-0.25, -0.2) is 0 Å². The number of hydrogen-bond acceptors (Lipinski definition) is 6. The SMILES string of the molecule is CC(=O)NC(=O)c1ccc2c(c1)C(Nc1ccc(N3CCOCC3)cc1)CC(C)N2C(C)=O. The van der Waals surface area contributed by atoms with E-state index in [4.69, 9.17) is 4.74 Å². The lowest BCUT2D eigenvalue weighted by molar-refractivity contribution is -0.118. The molecule has 2 atom stereocenters. The first-order chi connectivity index (χ1) is 15.8. The quantitative estimate of drug-likeness (QED) is 0.744. The molecule has 4 rings (SSSR count). The summed E-state index contributed by atoms with van der Waals surface area (Å²) in [5.74, 6) is -0.906. The highest BCUT2D eigenvalue weighted by Gasteiger charge is 2.33. The fourth-order valence-electron chi connectivity index (χ4n) is 4.65. The summed E-state index contributed by atoms with van der Waals surface area (Å²) in [6, 6.07) is 13.4. The number of amides is 3. The molecule has 0 spiro atoms. The van der Waals surface area contributed by atoms with Gasteiger partial charge in [0.1, 0.15) is 0 Å². The van der Waals surface area contributed by atoms with E-state index in [2.05, 4.69) is 39.8 Å². The van der Waals surface area contributed by atoms with Crippen molar-refractivity contribution in [2.24, 2.45) is 0 Å². The number of hydrogen-bond donors (Lipinski definition) is 2. The van der Waals surface area contributed by atoms with E-state index in [-0.39, 0.29) is 18.0 Å². The van der Waals surface area contributed by atoms with E-state index in [1.54, 1.807) is 30.0 Å². The minimum Gasteiger partial charge on any atom is -0.378 e. The summed E-state index contributed by atoms with van der Waals surface area (Å²) in [6.07, 6.45) is 0.690. The van der Waals surface area contributed by atoms with E-state index in [0.717, 1.165) is 48.9 Å². The first kappa shape index (κ1) is 22.8. The van der Waals surface area contributed by atoms with Crippen LogP contribution in [0.4, 0.5) is 17.1 Å². The first-order valence-corrected chi connectivity index (χ1v) is 11.3. The molecule has 2 aliphatic rings. The number of anilines is 3. The van der Waals surface area contributed by atoms with Crippen LogP contribution in [0.5, 0.6) is 0 Å². The Balaban J connectivity index is 1.61. The van der Waals surface area contributed by atoms with Crippen LogP contribution >= 0.6 is 0 Å². The van der Waals surface area contributed by atoms with Crippen LogP contribution in [-0.2, 0) is 14.3 Å². The molecular weight excluding hydrogens is 420 g/mol. The number of benzene rings is 2. The molecule has 0 bridgehead atoms. The first-order valence-electron chi connectivity index (χ1n) is 11.3. The smallest absolute Gasteiger partial charge is 0.257 e. The number of ether oxygens (including phenoxy) is 1. The topological polar surface area (TPSA) is 91.0 Å². The van der Waals surface area contributed by atoms with Crippen LogP contribution in [0, 0.1) is 0 Å². The van der Waals surface area contributed by atoms with Crippen LogP contribution in [-0.4, -0.2) is 50.1 Å². The van der Waals surface area contributed by atoms with Gasteiger partial charge < -0.3 is 19.9 Å². The molecule has 0 aromatic heterocycles. The highest BCUT2D eigenvalue weighted by molar-refractivity contribution is 6.05. The maximum atomic E-state index is 12.4. The second-order valence-electron chi connectivity index (χ2n) is 8.60. The van der Waals surface area contributed by atoms with Crippen molar-refractivity contribution in [1.82, 2.24) is 5.32 Å². The third-order valence-corrected chi connectivity index (χ3v) is 6.16. The highest BCUT2D eigenvalue weighted by Crippen LogP contribution is 2.39. The minimum absolute atomic E-state index is 0.00276. The Hall–Kier alpha value is -3.39. The second kappa shape index (κ2) is 9.62. The molecule has 33 heavy (non-hydrogen) atoms. The zero-order valence-corrected chi connectivity index (χ0v) is 19.3. The summed E-state index contributed by atoms with van der Waals surface area (Å²) < 4.78 is 5.43. The number of morpholine rings is 1.